The summed E-state index contributed by atoms with van der Waals surface area (Å²) in [5.41, 5.74) is 1.06. The SMILES string of the molecule is CC[C@H]1Oc2ccc(NC(=O)c3ccccc3OC)cc2CN(Cc2cccc(C(F)(F)F)c2)C1=O. The van der Waals surface area contributed by atoms with Crippen LogP contribution in [0.1, 0.15) is 40.4 Å². The first-order chi connectivity index (χ1) is 17.2. The fraction of sp³-hybridized carbons (Fsp3) is 0.259. The van der Waals surface area contributed by atoms with Crippen molar-refractivity contribution in [2.45, 2.75) is 38.7 Å². The number of rotatable bonds is 6. The lowest BCUT2D eigenvalue weighted by Crippen LogP contribution is -2.38. The van der Waals surface area contributed by atoms with E-state index in [-0.39, 0.29) is 24.9 Å². The van der Waals surface area contributed by atoms with E-state index in [2.05, 4.69) is 5.32 Å². The number of nitrogens with zero attached hydrogens (tertiary/aromatic N) is 1. The van der Waals surface area contributed by atoms with Crippen molar-refractivity contribution in [3.8, 4) is 11.5 Å². The van der Waals surface area contributed by atoms with E-state index in [0.29, 0.717) is 40.3 Å². The third-order valence-corrected chi connectivity index (χ3v) is 5.89. The molecule has 3 aromatic rings. The van der Waals surface area contributed by atoms with E-state index < -0.39 is 17.8 Å². The number of nitrogens with one attached hydrogen (secondary N) is 1. The van der Waals surface area contributed by atoms with Crippen molar-refractivity contribution in [1.29, 1.82) is 0 Å². The molecule has 0 saturated carbocycles. The Bertz CT molecular complexity index is 1280. The highest BCUT2D eigenvalue weighted by Gasteiger charge is 2.32. The van der Waals surface area contributed by atoms with Gasteiger partial charge >= 0.3 is 6.18 Å². The van der Waals surface area contributed by atoms with Gasteiger partial charge in [0.25, 0.3) is 11.8 Å². The van der Waals surface area contributed by atoms with Gasteiger partial charge in [-0.25, -0.2) is 0 Å². The van der Waals surface area contributed by atoms with Gasteiger partial charge in [-0.15, -0.1) is 0 Å². The zero-order chi connectivity index (χ0) is 25.9. The summed E-state index contributed by atoms with van der Waals surface area (Å²) in [5, 5.41) is 2.83. The molecule has 2 amide bonds. The molecule has 0 radical (unpaired) electrons. The highest BCUT2D eigenvalue weighted by molar-refractivity contribution is 6.06. The number of ether oxygens (including phenoxy) is 2. The molecule has 0 fully saturated rings. The van der Waals surface area contributed by atoms with Crippen molar-refractivity contribution < 1.29 is 32.2 Å². The number of para-hydroxylation sites is 1. The molecule has 4 rings (SSSR count). The molecule has 1 atom stereocenters. The maximum atomic E-state index is 13.2. The Labute approximate surface area is 206 Å². The predicted octanol–water partition coefficient (Wildman–Crippen LogP) is 5.67. The van der Waals surface area contributed by atoms with Gasteiger partial charge in [-0.3, -0.25) is 9.59 Å². The number of fused-ring (bicyclic) bond motifs is 1. The Balaban J connectivity index is 1.60. The molecule has 0 aliphatic carbocycles. The maximum absolute atomic E-state index is 13.2. The average Bonchev–Trinajstić information content (AvgIpc) is 2.99. The zero-order valence-corrected chi connectivity index (χ0v) is 19.8. The van der Waals surface area contributed by atoms with Crippen molar-refractivity contribution in [1.82, 2.24) is 4.90 Å². The molecule has 0 saturated heterocycles. The van der Waals surface area contributed by atoms with E-state index in [1.165, 1.54) is 18.1 Å². The first-order valence-electron chi connectivity index (χ1n) is 11.4. The first kappa shape index (κ1) is 25.1. The average molecular weight is 499 g/mol. The molecular weight excluding hydrogens is 473 g/mol. The second-order valence-electron chi connectivity index (χ2n) is 8.38. The van der Waals surface area contributed by atoms with E-state index in [1.807, 2.05) is 0 Å². The van der Waals surface area contributed by atoms with E-state index in [9.17, 15) is 22.8 Å². The molecule has 0 spiro atoms. The monoisotopic (exact) mass is 498 g/mol. The number of anilines is 1. The number of hydrogen-bond donors (Lipinski definition) is 1. The smallest absolute Gasteiger partial charge is 0.416 e. The largest absolute Gasteiger partial charge is 0.496 e. The standard InChI is InChI=1S/C27H25F3N2O4/c1-3-22-26(34)32(15-17-7-6-8-19(13-17)27(28,29)30)16-18-14-20(11-12-23(18)36-22)31-25(33)21-9-4-5-10-24(21)35-2/h4-14,22H,3,15-16H2,1-2H3,(H,31,33)/t22-/m1/s1. The normalized spacial score (nSPS) is 15.5. The van der Waals surface area contributed by atoms with Gasteiger partial charge in [-0.05, 0) is 54.4 Å². The molecule has 3 aromatic carbocycles. The number of alkyl halides is 3. The lowest BCUT2D eigenvalue weighted by molar-refractivity contribution is -0.139. The van der Waals surface area contributed by atoms with Crippen LogP contribution in [0.4, 0.5) is 18.9 Å². The van der Waals surface area contributed by atoms with Crippen LogP contribution < -0.4 is 14.8 Å². The third-order valence-electron chi connectivity index (χ3n) is 5.89. The van der Waals surface area contributed by atoms with Gasteiger partial charge in [0.15, 0.2) is 6.10 Å². The molecule has 188 valence electrons. The molecule has 1 heterocycles. The second-order valence-corrected chi connectivity index (χ2v) is 8.38. The van der Waals surface area contributed by atoms with E-state index in [1.54, 1.807) is 55.5 Å². The fourth-order valence-corrected chi connectivity index (χ4v) is 4.08. The minimum Gasteiger partial charge on any atom is -0.496 e. The molecule has 9 heteroatoms. The summed E-state index contributed by atoms with van der Waals surface area (Å²) in [7, 11) is 1.48. The van der Waals surface area contributed by atoms with Crippen molar-refractivity contribution in [3.63, 3.8) is 0 Å². The molecule has 6 nitrogen and oxygen atoms in total. The quantitative estimate of drug-likeness (QED) is 0.476. The first-order valence-corrected chi connectivity index (χ1v) is 11.4. The summed E-state index contributed by atoms with van der Waals surface area (Å²) in [6.45, 7) is 1.90. The van der Waals surface area contributed by atoms with Gasteiger partial charge in [0, 0.05) is 24.3 Å². The number of carbonyl (C=O) groups is 2. The van der Waals surface area contributed by atoms with Gasteiger partial charge in [0.05, 0.1) is 18.2 Å². The molecule has 36 heavy (non-hydrogen) atoms. The Morgan fingerprint density at radius 3 is 2.61 bits per heavy atom. The molecule has 0 bridgehead atoms. The van der Waals surface area contributed by atoms with E-state index in [0.717, 1.165) is 12.1 Å². The lowest BCUT2D eigenvalue weighted by atomic mass is 10.1. The van der Waals surface area contributed by atoms with Crippen LogP contribution in [0.5, 0.6) is 11.5 Å². The number of methoxy groups -OCH3 is 1. The Kier molecular flexibility index (Phi) is 7.19. The summed E-state index contributed by atoms with van der Waals surface area (Å²) >= 11 is 0. The number of hydrogen-bond acceptors (Lipinski definition) is 4. The zero-order valence-electron chi connectivity index (χ0n) is 19.8. The third kappa shape index (κ3) is 5.45. The van der Waals surface area contributed by atoms with Gasteiger partial charge in [-0.2, -0.15) is 13.2 Å². The highest BCUT2D eigenvalue weighted by atomic mass is 19.4. The van der Waals surface area contributed by atoms with Crippen LogP contribution in [-0.2, 0) is 24.1 Å². The van der Waals surface area contributed by atoms with Gasteiger partial charge < -0.3 is 19.7 Å². The Morgan fingerprint density at radius 2 is 1.89 bits per heavy atom. The van der Waals surface area contributed by atoms with Crippen LogP contribution in [-0.4, -0.2) is 29.9 Å². The maximum Gasteiger partial charge on any atom is 0.416 e. The Hall–Kier alpha value is -4.01. The topological polar surface area (TPSA) is 67.9 Å². The summed E-state index contributed by atoms with van der Waals surface area (Å²) in [6.07, 6.45) is -4.86. The summed E-state index contributed by atoms with van der Waals surface area (Å²) in [4.78, 5) is 27.4. The van der Waals surface area contributed by atoms with Crippen LogP contribution >= 0.6 is 0 Å². The minimum absolute atomic E-state index is 0.0140. The van der Waals surface area contributed by atoms with Crippen molar-refractivity contribution in [3.05, 3.63) is 89.0 Å². The number of amides is 2. The van der Waals surface area contributed by atoms with Crippen LogP contribution in [0, 0.1) is 0 Å². The van der Waals surface area contributed by atoms with E-state index in [4.69, 9.17) is 9.47 Å². The van der Waals surface area contributed by atoms with Gasteiger partial charge in [-0.1, -0.05) is 31.2 Å². The van der Waals surface area contributed by atoms with Crippen LogP contribution in [0.2, 0.25) is 0 Å². The second kappa shape index (κ2) is 10.3. The molecule has 0 aromatic heterocycles. The fourth-order valence-electron chi connectivity index (χ4n) is 4.08. The molecule has 1 N–H and O–H groups in total. The molecular formula is C27H25F3N2O4. The molecule has 0 unspecified atom stereocenters. The molecule has 1 aliphatic rings. The predicted molar refractivity (Wildman–Crippen MR) is 128 cm³/mol. The Morgan fingerprint density at radius 1 is 1.11 bits per heavy atom. The van der Waals surface area contributed by atoms with Crippen molar-refractivity contribution in [2.24, 2.45) is 0 Å². The minimum atomic E-state index is -4.48. The van der Waals surface area contributed by atoms with Crippen LogP contribution in [0.3, 0.4) is 0 Å². The summed E-state index contributed by atoms with van der Waals surface area (Å²) < 4.78 is 50.7. The summed E-state index contributed by atoms with van der Waals surface area (Å²) in [6, 6.07) is 16.8. The highest BCUT2D eigenvalue weighted by Crippen LogP contribution is 2.32. The molecule has 1 aliphatic heterocycles. The number of benzene rings is 3. The number of halogens is 3. The van der Waals surface area contributed by atoms with E-state index >= 15 is 0 Å². The van der Waals surface area contributed by atoms with Gasteiger partial charge in [0.2, 0.25) is 0 Å². The van der Waals surface area contributed by atoms with Crippen molar-refractivity contribution in [2.75, 3.05) is 12.4 Å². The van der Waals surface area contributed by atoms with Crippen molar-refractivity contribution >= 4 is 17.5 Å². The van der Waals surface area contributed by atoms with Crippen LogP contribution in [0.25, 0.3) is 0 Å². The van der Waals surface area contributed by atoms with Crippen LogP contribution in [0.15, 0.2) is 66.7 Å². The summed E-state index contributed by atoms with van der Waals surface area (Å²) in [5.74, 6) is 0.227. The lowest BCUT2D eigenvalue weighted by Gasteiger charge is -2.23. The number of carbonyl (C=O) groups excluding carboxylic acids is 2. The van der Waals surface area contributed by atoms with Gasteiger partial charge in [0.1, 0.15) is 11.5 Å².